The number of fused-ring (bicyclic) bond motifs is 1. The van der Waals surface area contributed by atoms with Crippen LogP contribution in [-0.4, -0.2) is 52.1 Å². The number of aryl methyl sites for hydroxylation is 1. The predicted octanol–water partition coefficient (Wildman–Crippen LogP) is 5.39. The number of methoxy groups -OCH3 is 1. The number of nitrogens with zero attached hydrogens (tertiary/aromatic N) is 4. The Bertz CT molecular complexity index is 1150. The van der Waals surface area contributed by atoms with Crippen LogP contribution in [0.3, 0.4) is 0 Å². The number of alkyl halides is 3. The van der Waals surface area contributed by atoms with Gasteiger partial charge in [0, 0.05) is 30.1 Å². The highest BCUT2D eigenvalue weighted by atomic mass is 19.4. The fourth-order valence-corrected chi connectivity index (χ4v) is 4.13. The molecule has 37 heavy (non-hydrogen) atoms. The molecule has 0 bridgehead atoms. The summed E-state index contributed by atoms with van der Waals surface area (Å²) in [6.07, 6.45) is 1.39. The zero-order valence-electron chi connectivity index (χ0n) is 21.9. The van der Waals surface area contributed by atoms with Crippen molar-refractivity contribution in [3.8, 4) is 22.8 Å². The summed E-state index contributed by atoms with van der Waals surface area (Å²) < 4.78 is 50.4. The molecule has 3 aromatic rings. The number of aromatic nitrogens is 4. The maximum Gasteiger partial charge on any atom is 0.389 e. The molecule has 0 fully saturated rings. The Hall–Kier alpha value is -2.92. The summed E-state index contributed by atoms with van der Waals surface area (Å²) in [5.74, 6) is 1.20. The van der Waals surface area contributed by atoms with E-state index in [4.69, 9.17) is 20.3 Å². The zero-order chi connectivity index (χ0) is 27.0. The van der Waals surface area contributed by atoms with Crippen LogP contribution in [-0.2, 0) is 0 Å². The highest BCUT2D eigenvalue weighted by Crippen LogP contribution is 2.33. The first kappa shape index (κ1) is 28.6. The van der Waals surface area contributed by atoms with Gasteiger partial charge in [-0.3, -0.25) is 4.98 Å². The third-order valence-electron chi connectivity index (χ3n) is 6.13. The van der Waals surface area contributed by atoms with E-state index in [1.165, 1.54) is 0 Å². The van der Waals surface area contributed by atoms with Crippen molar-refractivity contribution in [3.05, 3.63) is 35.9 Å². The van der Waals surface area contributed by atoms with Crippen molar-refractivity contribution in [2.24, 2.45) is 5.73 Å². The van der Waals surface area contributed by atoms with Crippen LogP contribution in [0.1, 0.15) is 69.8 Å². The summed E-state index contributed by atoms with van der Waals surface area (Å²) in [6, 6.07) is 3.45. The first-order valence-electron chi connectivity index (χ1n) is 12.7. The van der Waals surface area contributed by atoms with E-state index in [2.05, 4.69) is 22.2 Å². The van der Waals surface area contributed by atoms with Crippen LogP contribution < -0.4 is 20.5 Å². The second-order valence-electron chi connectivity index (χ2n) is 9.24. The molecule has 3 N–H and O–H groups in total. The predicted molar refractivity (Wildman–Crippen MR) is 137 cm³/mol. The minimum absolute atomic E-state index is 0.0372. The SMILES string of the molecule is CCN[C@H](C)c1cc(-c2cc(OCCCCC[C@@H](N)CCC(F)(F)F)c3nc(C)cn3n2)c(OC)cn1. The van der Waals surface area contributed by atoms with E-state index >= 15 is 0 Å². The van der Waals surface area contributed by atoms with E-state index in [9.17, 15) is 13.2 Å². The molecule has 0 aromatic carbocycles. The molecule has 204 valence electrons. The van der Waals surface area contributed by atoms with Gasteiger partial charge in [0.05, 0.1) is 43.2 Å². The molecule has 0 amide bonds. The molecule has 0 saturated carbocycles. The standard InChI is InChI=1S/C26H37F3N6O2/c1-5-31-18(3)21-13-20(24(36-4)15-32-21)22-14-23(25-33-17(2)16-35(25)34-22)37-12-8-6-7-9-19(30)10-11-26(27,28)29/h13-16,18-19,31H,5-12,30H2,1-4H3/t18-,19-/m1/s1. The number of pyridine rings is 1. The van der Waals surface area contributed by atoms with Gasteiger partial charge in [-0.1, -0.05) is 19.8 Å². The second kappa shape index (κ2) is 13.0. The van der Waals surface area contributed by atoms with E-state index in [-0.39, 0.29) is 12.5 Å². The van der Waals surface area contributed by atoms with Crippen molar-refractivity contribution in [1.29, 1.82) is 0 Å². The number of nitrogens with one attached hydrogen (secondary N) is 1. The summed E-state index contributed by atoms with van der Waals surface area (Å²) in [5.41, 5.74) is 9.58. The molecule has 0 aliphatic carbocycles. The Balaban J connectivity index is 1.70. The number of rotatable bonds is 14. The molecular weight excluding hydrogens is 485 g/mol. The molecule has 0 unspecified atom stereocenters. The Kier molecular flexibility index (Phi) is 10.1. The number of ether oxygens (including phenoxy) is 2. The molecule has 0 radical (unpaired) electrons. The fraction of sp³-hybridized carbons (Fsp3) is 0.577. The molecule has 8 nitrogen and oxygen atoms in total. The van der Waals surface area contributed by atoms with Gasteiger partial charge in [-0.2, -0.15) is 18.3 Å². The molecule has 0 aliphatic rings. The lowest BCUT2D eigenvalue weighted by Gasteiger charge is -2.16. The maximum atomic E-state index is 12.3. The van der Waals surface area contributed by atoms with Crippen molar-refractivity contribution < 1.29 is 22.6 Å². The van der Waals surface area contributed by atoms with Gasteiger partial charge in [0.2, 0.25) is 0 Å². The Morgan fingerprint density at radius 1 is 1.14 bits per heavy atom. The average Bonchev–Trinajstić information content (AvgIpc) is 3.24. The lowest BCUT2D eigenvalue weighted by molar-refractivity contribution is -0.136. The van der Waals surface area contributed by atoms with Gasteiger partial charge in [-0.25, -0.2) is 9.50 Å². The van der Waals surface area contributed by atoms with E-state index in [1.54, 1.807) is 17.8 Å². The monoisotopic (exact) mass is 522 g/mol. The second-order valence-corrected chi connectivity index (χ2v) is 9.24. The summed E-state index contributed by atoms with van der Waals surface area (Å²) >= 11 is 0. The highest BCUT2D eigenvalue weighted by Gasteiger charge is 2.27. The number of nitrogens with two attached hydrogens (primary N) is 1. The molecule has 3 aromatic heterocycles. The van der Waals surface area contributed by atoms with Crippen LogP contribution in [0.2, 0.25) is 0 Å². The lowest BCUT2D eigenvalue weighted by Crippen LogP contribution is -2.22. The Labute approximate surface area is 215 Å². The van der Waals surface area contributed by atoms with Crippen molar-refractivity contribution in [2.75, 3.05) is 20.3 Å². The number of hydrogen-bond acceptors (Lipinski definition) is 7. The molecule has 2 atom stereocenters. The number of unbranched alkanes of at least 4 members (excludes halogenated alkanes) is 2. The first-order valence-corrected chi connectivity index (χ1v) is 12.7. The fourth-order valence-electron chi connectivity index (χ4n) is 4.13. The molecule has 0 aliphatic heterocycles. The van der Waals surface area contributed by atoms with Crippen LogP contribution in [0, 0.1) is 6.92 Å². The third-order valence-corrected chi connectivity index (χ3v) is 6.13. The summed E-state index contributed by atoms with van der Waals surface area (Å²) in [7, 11) is 1.60. The highest BCUT2D eigenvalue weighted by molar-refractivity contribution is 5.71. The molecule has 3 heterocycles. The van der Waals surface area contributed by atoms with Crippen molar-refractivity contribution >= 4 is 5.65 Å². The lowest BCUT2D eigenvalue weighted by atomic mass is 10.0. The van der Waals surface area contributed by atoms with Gasteiger partial charge in [0.15, 0.2) is 11.4 Å². The Morgan fingerprint density at radius 3 is 2.62 bits per heavy atom. The Morgan fingerprint density at radius 2 is 1.92 bits per heavy atom. The van der Waals surface area contributed by atoms with Gasteiger partial charge in [-0.15, -0.1) is 0 Å². The molecule has 11 heteroatoms. The van der Waals surface area contributed by atoms with E-state index in [0.717, 1.165) is 42.8 Å². The number of imidazole rings is 1. The van der Waals surface area contributed by atoms with Gasteiger partial charge in [0.25, 0.3) is 0 Å². The zero-order valence-corrected chi connectivity index (χ0v) is 21.9. The molecular formula is C26H37F3N6O2. The first-order chi connectivity index (χ1) is 17.6. The maximum absolute atomic E-state index is 12.3. The van der Waals surface area contributed by atoms with Crippen LogP contribution in [0.4, 0.5) is 13.2 Å². The van der Waals surface area contributed by atoms with E-state index in [0.29, 0.717) is 35.9 Å². The van der Waals surface area contributed by atoms with Gasteiger partial charge in [-0.05, 0) is 45.7 Å². The van der Waals surface area contributed by atoms with Crippen LogP contribution >= 0.6 is 0 Å². The molecule has 0 spiro atoms. The van der Waals surface area contributed by atoms with Crippen molar-refractivity contribution in [1.82, 2.24) is 24.9 Å². The van der Waals surface area contributed by atoms with Gasteiger partial charge < -0.3 is 20.5 Å². The van der Waals surface area contributed by atoms with Crippen LogP contribution in [0.15, 0.2) is 24.5 Å². The largest absolute Gasteiger partial charge is 0.494 e. The van der Waals surface area contributed by atoms with Crippen LogP contribution in [0.25, 0.3) is 16.9 Å². The number of halogens is 3. The van der Waals surface area contributed by atoms with Crippen molar-refractivity contribution in [2.45, 2.75) is 77.6 Å². The average molecular weight is 523 g/mol. The van der Waals surface area contributed by atoms with Crippen LogP contribution in [0.5, 0.6) is 11.5 Å². The van der Waals surface area contributed by atoms with Gasteiger partial charge >= 0.3 is 6.18 Å². The van der Waals surface area contributed by atoms with Crippen molar-refractivity contribution in [3.63, 3.8) is 0 Å². The minimum Gasteiger partial charge on any atom is -0.494 e. The summed E-state index contributed by atoms with van der Waals surface area (Å²) in [6.45, 7) is 7.25. The minimum atomic E-state index is -4.15. The summed E-state index contributed by atoms with van der Waals surface area (Å²) in [4.78, 5) is 9.08. The van der Waals surface area contributed by atoms with E-state index in [1.807, 2.05) is 32.2 Å². The third kappa shape index (κ3) is 8.29. The molecule has 0 saturated heterocycles. The molecule has 3 rings (SSSR count). The summed E-state index contributed by atoms with van der Waals surface area (Å²) in [5, 5.41) is 8.11. The number of hydrogen-bond donors (Lipinski definition) is 2. The smallest absolute Gasteiger partial charge is 0.389 e. The van der Waals surface area contributed by atoms with E-state index < -0.39 is 18.6 Å². The van der Waals surface area contributed by atoms with Gasteiger partial charge in [0.1, 0.15) is 5.75 Å². The topological polar surface area (TPSA) is 99.6 Å². The normalized spacial score (nSPS) is 13.6. The quantitative estimate of drug-likeness (QED) is 0.274.